The van der Waals surface area contributed by atoms with Crippen LogP contribution in [0.3, 0.4) is 0 Å². The lowest BCUT2D eigenvalue weighted by molar-refractivity contribution is 0.104. The van der Waals surface area contributed by atoms with Crippen molar-refractivity contribution < 1.29 is 17.1 Å². The van der Waals surface area contributed by atoms with Crippen LogP contribution in [-0.4, -0.2) is 14.2 Å². The molecule has 0 radical (unpaired) electrons. The third-order valence-electron chi connectivity index (χ3n) is 2.65. The molecule has 0 aliphatic carbocycles. The topological polar surface area (TPSA) is 51.2 Å². The summed E-state index contributed by atoms with van der Waals surface area (Å²) in [5.41, 5.74) is 1.17. The molecule has 20 heavy (non-hydrogen) atoms. The maximum atomic E-state index is 12.7. The molecule has 2 aromatic carbocycles. The molecular weight excluding hydrogens is 279 g/mol. The Morgan fingerprint density at radius 3 is 2.10 bits per heavy atom. The predicted octanol–water partition coefficient (Wildman–Crippen LogP) is 3.24. The average molecular weight is 290 g/mol. The average Bonchev–Trinajstić information content (AvgIpc) is 2.45. The van der Waals surface area contributed by atoms with E-state index < -0.39 is 15.1 Å². The Kier molecular flexibility index (Phi) is 4.10. The van der Waals surface area contributed by atoms with Crippen molar-refractivity contribution in [3.63, 3.8) is 0 Å². The van der Waals surface area contributed by atoms with Crippen LogP contribution in [0.1, 0.15) is 15.9 Å². The zero-order valence-corrected chi connectivity index (χ0v) is 11.2. The summed E-state index contributed by atoms with van der Waals surface area (Å²) < 4.78 is 34.0. The van der Waals surface area contributed by atoms with Gasteiger partial charge in [-0.2, -0.15) is 8.42 Å². The fourth-order valence-corrected chi connectivity index (χ4v) is 2.07. The fourth-order valence-electron chi connectivity index (χ4n) is 1.61. The molecule has 2 aromatic rings. The highest BCUT2D eigenvalue weighted by Gasteiger charge is 2.10. The number of halogens is 1. The van der Waals surface area contributed by atoms with E-state index in [-0.39, 0.29) is 5.78 Å². The largest absolute Gasteiger partial charge is 0.332 e. The van der Waals surface area contributed by atoms with Gasteiger partial charge in [0.15, 0.2) is 5.78 Å². The van der Waals surface area contributed by atoms with E-state index in [1.165, 1.54) is 18.2 Å². The maximum Gasteiger partial charge on any atom is 0.332 e. The summed E-state index contributed by atoms with van der Waals surface area (Å²) in [4.78, 5) is 11.4. The van der Waals surface area contributed by atoms with Gasteiger partial charge in [0.05, 0.1) is 4.90 Å². The molecule has 0 aromatic heterocycles. The second kappa shape index (κ2) is 5.79. The first-order valence-corrected chi connectivity index (χ1v) is 7.17. The smallest absolute Gasteiger partial charge is 0.289 e. The molecule has 0 unspecified atom stereocenters. The van der Waals surface area contributed by atoms with Gasteiger partial charge < -0.3 is 0 Å². The Hall–Kier alpha value is -2.27. The minimum absolute atomic E-state index is 0.159. The molecule has 0 N–H and O–H groups in total. The van der Waals surface area contributed by atoms with Crippen molar-refractivity contribution >= 4 is 22.1 Å². The van der Waals surface area contributed by atoms with Crippen molar-refractivity contribution in [2.24, 2.45) is 0 Å². The molecule has 0 spiro atoms. The van der Waals surface area contributed by atoms with Crippen molar-refractivity contribution in [1.29, 1.82) is 0 Å². The number of allylic oxidation sites excluding steroid dienone is 1. The molecule has 102 valence electrons. The van der Waals surface area contributed by atoms with Crippen LogP contribution in [0.5, 0.6) is 0 Å². The van der Waals surface area contributed by atoms with E-state index in [1.54, 1.807) is 30.3 Å². The van der Waals surface area contributed by atoms with Crippen LogP contribution in [0, 0.1) is 0 Å². The highest BCUT2D eigenvalue weighted by Crippen LogP contribution is 2.14. The van der Waals surface area contributed by atoms with Gasteiger partial charge in [-0.15, -0.1) is 3.89 Å². The van der Waals surface area contributed by atoms with Gasteiger partial charge in [-0.25, -0.2) is 0 Å². The van der Waals surface area contributed by atoms with Crippen LogP contribution in [0.25, 0.3) is 6.08 Å². The van der Waals surface area contributed by atoms with Gasteiger partial charge in [-0.05, 0) is 23.8 Å². The molecule has 0 atom stereocenters. The molecule has 0 amide bonds. The second-order valence-corrected chi connectivity index (χ2v) is 5.42. The third kappa shape index (κ3) is 3.61. The summed E-state index contributed by atoms with van der Waals surface area (Å²) in [6.07, 6.45) is 2.93. The van der Waals surface area contributed by atoms with E-state index in [9.17, 15) is 17.1 Å². The number of carbonyl (C=O) groups excluding carboxylic acids is 1. The zero-order chi connectivity index (χ0) is 14.6. The van der Waals surface area contributed by atoms with Gasteiger partial charge in [0.2, 0.25) is 0 Å². The molecular formula is C15H11FO3S. The Balaban J connectivity index is 2.15. The summed E-state index contributed by atoms with van der Waals surface area (Å²) in [6, 6.07) is 13.9. The normalized spacial score (nSPS) is 11.7. The van der Waals surface area contributed by atoms with E-state index in [1.807, 2.05) is 6.07 Å². The first-order chi connectivity index (χ1) is 9.47. The second-order valence-electron chi connectivity index (χ2n) is 4.07. The zero-order valence-electron chi connectivity index (χ0n) is 10.4. The quantitative estimate of drug-likeness (QED) is 0.493. The lowest BCUT2D eigenvalue weighted by Crippen LogP contribution is -1.93. The molecule has 2 rings (SSSR count). The molecule has 0 fully saturated rings. The summed E-state index contributed by atoms with van der Waals surface area (Å²) in [5, 5.41) is 0. The van der Waals surface area contributed by atoms with Crippen molar-refractivity contribution in [2.45, 2.75) is 4.90 Å². The van der Waals surface area contributed by atoms with E-state index in [4.69, 9.17) is 0 Å². The van der Waals surface area contributed by atoms with Crippen LogP contribution >= 0.6 is 0 Å². The van der Waals surface area contributed by atoms with Gasteiger partial charge in [0.25, 0.3) is 0 Å². The molecule has 0 heterocycles. The van der Waals surface area contributed by atoms with Gasteiger partial charge >= 0.3 is 10.2 Å². The van der Waals surface area contributed by atoms with Crippen molar-refractivity contribution in [3.05, 3.63) is 71.8 Å². The SMILES string of the molecule is O=C(C=Cc1ccc(S(=O)(=O)F)cc1)c1ccccc1. The van der Waals surface area contributed by atoms with E-state index >= 15 is 0 Å². The summed E-state index contributed by atoms with van der Waals surface area (Å²) in [6.45, 7) is 0. The van der Waals surface area contributed by atoms with Crippen molar-refractivity contribution in [3.8, 4) is 0 Å². The van der Waals surface area contributed by atoms with E-state index in [0.29, 0.717) is 11.1 Å². The van der Waals surface area contributed by atoms with Crippen LogP contribution < -0.4 is 0 Å². The Morgan fingerprint density at radius 1 is 0.950 bits per heavy atom. The minimum Gasteiger partial charge on any atom is -0.289 e. The summed E-state index contributed by atoms with van der Waals surface area (Å²) in [5.74, 6) is -0.159. The molecule has 0 aliphatic rings. The first kappa shape index (κ1) is 14.1. The van der Waals surface area contributed by atoms with E-state index in [2.05, 4.69) is 0 Å². The monoisotopic (exact) mass is 290 g/mol. The first-order valence-electron chi connectivity index (χ1n) is 5.79. The van der Waals surface area contributed by atoms with Crippen LogP contribution in [0.15, 0.2) is 65.6 Å². The fraction of sp³-hybridized carbons (Fsp3) is 0. The number of hydrogen-bond acceptors (Lipinski definition) is 3. The molecule has 0 aliphatic heterocycles. The van der Waals surface area contributed by atoms with Gasteiger partial charge in [-0.3, -0.25) is 4.79 Å². The number of hydrogen-bond donors (Lipinski definition) is 0. The summed E-state index contributed by atoms with van der Waals surface area (Å²) >= 11 is 0. The number of ketones is 1. The predicted molar refractivity (Wildman–Crippen MR) is 74.5 cm³/mol. The molecule has 5 heteroatoms. The Labute approximate surface area is 116 Å². The number of benzene rings is 2. The number of carbonyl (C=O) groups is 1. The lowest BCUT2D eigenvalue weighted by atomic mass is 10.1. The van der Waals surface area contributed by atoms with Crippen LogP contribution in [0.2, 0.25) is 0 Å². The Bertz CT molecular complexity index is 732. The lowest BCUT2D eigenvalue weighted by Gasteiger charge is -1.97. The van der Waals surface area contributed by atoms with Gasteiger partial charge in [-0.1, -0.05) is 48.5 Å². The van der Waals surface area contributed by atoms with Crippen LogP contribution in [-0.2, 0) is 10.2 Å². The highest BCUT2D eigenvalue weighted by atomic mass is 32.3. The van der Waals surface area contributed by atoms with Crippen molar-refractivity contribution in [1.82, 2.24) is 0 Å². The molecule has 0 saturated heterocycles. The standard InChI is InChI=1S/C15H11FO3S/c16-20(18,19)14-9-6-12(7-10-14)8-11-15(17)13-4-2-1-3-5-13/h1-11H. The Morgan fingerprint density at radius 2 is 1.55 bits per heavy atom. The number of rotatable bonds is 4. The molecule has 3 nitrogen and oxygen atoms in total. The minimum atomic E-state index is -4.68. The maximum absolute atomic E-state index is 12.7. The van der Waals surface area contributed by atoms with Crippen LogP contribution in [0.4, 0.5) is 3.89 Å². The molecule has 0 bridgehead atoms. The highest BCUT2D eigenvalue weighted by molar-refractivity contribution is 7.86. The van der Waals surface area contributed by atoms with E-state index in [0.717, 1.165) is 12.1 Å². The molecule has 0 saturated carbocycles. The van der Waals surface area contributed by atoms with Crippen molar-refractivity contribution in [2.75, 3.05) is 0 Å². The third-order valence-corrected chi connectivity index (χ3v) is 3.48. The van der Waals surface area contributed by atoms with Gasteiger partial charge in [0.1, 0.15) is 0 Å². The summed E-state index contributed by atoms with van der Waals surface area (Å²) in [7, 11) is -4.68. The van der Waals surface area contributed by atoms with Gasteiger partial charge in [0, 0.05) is 5.56 Å².